The minimum atomic E-state index is 0.225. The lowest BCUT2D eigenvalue weighted by molar-refractivity contribution is 0.423. The molecule has 0 unspecified atom stereocenters. The van der Waals surface area contributed by atoms with E-state index in [1.807, 2.05) is 30.7 Å². The summed E-state index contributed by atoms with van der Waals surface area (Å²) >= 11 is 3.42. The lowest BCUT2D eigenvalue weighted by Gasteiger charge is -2.05. The first kappa shape index (κ1) is 13.9. The van der Waals surface area contributed by atoms with Crippen molar-refractivity contribution in [2.24, 2.45) is 0 Å². The van der Waals surface area contributed by atoms with Gasteiger partial charge in [-0.3, -0.25) is 4.98 Å². The first-order valence-corrected chi connectivity index (χ1v) is 7.37. The van der Waals surface area contributed by atoms with Gasteiger partial charge in [-0.2, -0.15) is 0 Å². The van der Waals surface area contributed by atoms with Crippen LogP contribution in [0.25, 0.3) is 11.4 Å². The van der Waals surface area contributed by atoms with Gasteiger partial charge in [0.05, 0.1) is 0 Å². The molecule has 0 bridgehead atoms. The number of hydrogen-bond donors (Lipinski definition) is 0. The minimum Gasteiger partial charge on any atom is -0.423 e. The van der Waals surface area contributed by atoms with Crippen LogP contribution >= 0.6 is 15.9 Å². The average molecular weight is 348 g/mol. The monoisotopic (exact) mass is 347 g/mol. The Balaban J connectivity index is 1.88. The summed E-state index contributed by atoms with van der Waals surface area (Å²) in [6.45, 7) is 4.53. The van der Waals surface area contributed by atoms with E-state index in [4.69, 9.17) is 4.42 Å². The first-order chi connectivity index (χ1) is 10.1. The van der Waals surface area contributed by atoms with Gasteiger partial charge in [-0.05, 0) is 22.0 Å². The topological polar surface area (TPSA) is 69.6 Å². The van der Waals surface area contributed by atoms with Crippen LogP contribution in [0.2, 0.25) is 0 Å². The normalized spacial score (nSPS) is 11.2. The number of aromatic nitrogens is 5. The summed E-state index contributed by atoms with van der Waals surface area (Å²) in [7, 11) is 0. The Kier molecular flexibility index (Phi) is 3.83. The van der Waals surface area contributed by atoms with Crippen LogP contribution in [0.1, 0.15) is 31.5 Å². The quantitative estimate of drug-likeness (QED) is 0.724. The molecule has 0 fully saturated rings. The third kappa shape index (κ3) is 3.02. The SMILES string of the molecule is CC(C)c1nnc(Cn2ccnc2-c2cncc(Br)c2)o1. The van der Waals surface area contributed by atoms with Gasteiger partial charge in [-0.15, -0.1) is 10.2 Å². The van der Waals surface area contributed by atoms with Gasteiger partial charge in [-0.25, -0.2) is 4.98 Å². The summed E-state index contributed by atoms with van der Waals surface area (Å²) < 4.78 is 8.51. The fraction of sp³-hybridized carbons (Fsp3) is 0.286. The highest BCUT2D eigenvalue weighted by molar-refractivity contribution is 9.10. The van der Waals surface area contributed by atoms with Gasteiger partial charge in [-0.1, -0.05) is 13.8 Å². The molecule has 3 heterocycles. The van der Waals surface area contributed by atoms with Crippen molar-refractivity contribution in [2.45, 2.75) is 26.3 Å². The van der Waals surface area contributed by atoms with Crippen molar-refractivity contribution in [1.82, 2.24) is 24.7 Å². The van der Waals surface area contributed by atoms with Crippen LogP contribution in [0.15, 0.2) is 39.7 Å². The molecule has 6 nitrogen and oxygen atoms in total. The van der Waals surface area contributed by atoms with E-state index in [9.17, 15) is 0 Å². The molecule has 0 aliphatic rings. The first-order valence-electron chi connectivity index (χ1n) is 6.58. The number of halogens is 1. The van der Waals surface area contributed by atoms with Crippen LogP contribution in [0, 0.1) is 0 Å². The molecule has 0 saturated heterocycles. The lowest BCUT2D eigenvalue weighted by Crippen LogP contribution is -2.01. The highest BCUT2D eigenvalue weighted by atomic mass is 79.9. The molecule has 0 aliphatic heterocycles. The second-order valence-corrected chi connectivity index (χ2v) is 5.87. The van der Waals surface area contributed by atoms with Crippen LogP contribution in [-0.4, -0.2) is 24.7 Å². The number of nitrogens with zero attached hydrogens (tertiary/aromatic N) is 5. The van der Waals surface area contributed by atoms with Crippen LogP contribution in [0.4, 0.5) is 0 Å². The molecule has 0 amide bonds. The zero-order chi connectivity index (χ0) is 14.8. The molecule has 3 rings (SSSR count). The number of hydrogen-bond acceptors (Lipinski definition) is 5. The molecule has 0 spiro atoms. The summed E-state index contributed by atoms with van der Waals surface area (Å²) in [6, 6.07) is 1.97. The standard InChI is InChI=1S/C14H14BrN5O/c1-9(2)14-19-18-12(21-14)8-20-4-3-17-13(20)10-5-11(15)7-16-6-10/h3-7,9H,8H2,1-2H3. The summed E-state index contributed by atoms with van der Waals surface area (Å²) in [4.78, 5) is 8.54. The van der Waals surface area contributed by atoms with E-state index in [2.05, 4.69) is 36.1 Å². The second kappa shape index (κ2) is 5.77. The molecule has 0 N–H and O–H groups in total. The highest BCUT2D eigenvalue weighted by Gasteiger charge is 2.13. The second-order valence-electron chi connectivity index (χ2n) is 4.96. The van der Waals surface area contributed by atoms with E-state index in [0.717, 1.165) is 15.9 Å². The van der Waals surface area contributed by atoms with Crippen molar-refractivity contribution in [3.8, 4) is 11.4 Å². The summed E-state index contributed by atoms with van der Waals surface area (Å²) in [6.07, 6.45) is 7.14. The molecule has 0 atom stereocenters. The zero-order valence-electron chi connectivity index (χ0n) is 11.7. The predicted molar refractivity (Wildman–Crippen MR) is 80.6 cm³/mol. The molecular weight excluding hydrogens is 334 g/mol. The van der Waals surface area contributed by atoms with Gasteiger partial charge < -0.3 is 8.98 Å². The van der Waals surface area contributed by atoms with Crippen molar-refractivity contribution >= 4 is 15.9 Å². The van der Waals surface area contributed by atoms with Gasteiger partial charge in [0.2, 0.25) is 11.8 Å². The molecule has 21 heavy (non-hydrogen) atoms. The van der Waals surface area contributed by atoms with E-state index in [-0.39, 0.29) is 5.92 Å². The average Bonchev–Trinajstić information content (AvgIpc) is 3.08. The van der Waals surface area contributed by atoms with Crippen molar-refractivity contribution < 1.29 is 4.42 Å². The van der Waals surface area contributed by atoms with Crippen LogP contribution < -0.4 is 0 Å². The summed E-state index contributed by atoms with van der Waals surface area (Å²) in [5.74, 6) is 2.26. The molecule has 0 saturated carbocycles. The van der Waals surface area contributed by atoms with Gasteiger partial charge in [0, 0.05) is 40.7 Å². The smallest absolute Gasteiger partial charge is 0.236 e. The largest absolute Gasteiger partial charge is 0.423 e. The molecule has 7 heteroatoms. The molecule has 3 aromatic rings. The zero-order valence-corrected chi connectivity index (χ0v) is 13.3. The third-order valence-electron chi connectivity index (χ3n) is 2.96. The van der Waals surface area contributed by atoms with E-state index in [1.54, 1.807) is 18.6 Å². The molecule has 3 aromatic heterocycles. The Morgan fingerprint density at radius 3 is 2.86 bits per heavy atom. The van der Waals surface area contributed by atoms with Crippen molar-refractivity contribution in [1.29, 1.82) is 0 Å². The van der Waals surface area contributed by atoms with E-state index >= 15 is 0 Å². The lowest BCUT2D eigenvalue weighted by atomic mass is 10.2. The third-order valence-corrected chi connectivity index (χ3v) is 3.39. The molecule has 108 valence electrons. The predicted octanol–water partition coefficient (Wildman–Crippen LogP) is 3.26. The number of imidazole rings is 1. The Bertz CT molecular complexity index is 749. The highest BCUT2D eigenvalue weighted by Crippen LogP contribution is 2.21. The fourth-order valence-corrected chi connectivity index (χ4v) is 2.31. The maximum atomic E-state index is 5.64. The Hall–Kier alpha value is -2.02. The van der Waals surface area contributed by atoms with Crippen LogP contribution in [0.5, 0.6) is 0 Å². The van der Waals surface area contributed by atoms with Crippen molar-refractivity contribution in [3.63, 3.8) is 0 Å². The fourth-order valence-electron chi connectivity index (χ4n) is 1.94. The molecule has 0 aromatic carbocycles. The number of rotatable bonds is 4. The van der Waals surface area contributed by atoms with Gasteiger partial charge in [0.1, 0.15) is 12.4 Å². The Labute approximate surface area is 130 Å². The maximum absolute atomic E-state index is 5.64. The van der Waals surface area contributed by atoms with E-state index < -0.39 is 0 Å². The van der Waals surface area contributed by atoms with Crippen LogP contribution in [-0.2, 0) is 6.54 Å². The summed E-state index contributed by atoms with van der Waals surface area (Å²) in [5.41, 5.74) is 0.929. The molecule has 0 radical (unpaired) electrons. The minimum absolute atomic E-state index is 0.225. The van der Waals surface area contributed by atoms with E-state index in [1.165, 1.54) is 0 Å². The maximum Gasteiger partial charge on any atom is 0.236 e. The van der Waals surface area contributed by atoms with Gasteiger partial charge in [0.25, 0.3) is 0 Å². The Morgan fingerprint density at radius 1 is 1.29 bits per heavy atom. The molecule has 0 aliphatic carbocycles. The number of pyridine rings is 1. The van der Waals surface area contributed by atoms with E-state index in [0.29, 0.717) is 18.3 Å². The van der Waals surface area contributed by atoms with Crippen molar-refractivity contribution in [2.75, 3.05) is 0 Å². The summed E-state index contributed by atoms with van der Waals surface area (Å²) in [5, 5.41) is 8.12. The van der Waals surface area contributed by atoms with Gasteiger partial charge in [0.15, 0.2) is 0 Å². The van der Waals surface area contributed by atoms with Crippen LogP contribution in [0.3, 0.4) is 0 Å². The Morgan fingerprint density at radius 2 is 2.14 bits per heavy atom. The molecular formula is C14H14BrN5O. The van der Waals surface area contributed by atoms with Gasteiger partial charge >= 0.3 is 0 Å². The van der Waals surface area contributed by atoms with Crippen molar-refractivity contribution in [3.05, 3.63) is 47.1 Å².